The van der Waals surface area contributed by atoms with E-state index in [9.17, 15) is 0 Å². The first-order valence-corrected chi connectivity index (χ1v) is 20.2. The van der Waals surface area contributed by atoms with Crippen molar-refractivity contribution in [2.75, 3.05) is 0 Å². The molecule has 0 amide bonds. The minimum Gasteiger partial charge on any atom is -0.309 e. The van der Waals surface area contributed by atoms with Crippen LogP contribution in [-0.4, -0.2) is 24.1 Å². The molecule has 5 heteroatoms. The summed E-state index contributed by atoms with van der Waals surface area (Å²) in [6.07, 6.45) is 0. The summed E-state index contributed by atoms with van der Waals surface area (Å²) in [6, 6.07) is 67.0. The number of rotatable bonds is 5. The van der Waals surface area contributed by atoms with Gasteiger partial charge < -0.3 is 9.13 Å². The topological polar surface area (TPSA) is 48.5 Å². The van der Waals surface area contributed by atoms with Gasteiger partial charge in [-0.2, -0.15) is 0 Å². The number of hydrogen-bond donors (Lipinski definition) is 0. The first-order valence-electron chi connectivity index (χ1n) is 20.2. The van der Waals surface area contributed by atoms with E-state index in [-0.39, 0.29) is 5.41 Å². The van der Waals surface area contributed by atoms with Crippen LogP contribution in [0.4, 0.5) is 0 Å². The summed E-state index contributed by atoms with van der Waals surface area (Å²) in [7, 11) is 0. The van der Waals surface area contributed by atoms with E-state index in [2.05, 4.69) is 211 Å². The first-order chi connectivity index (χ1) is 29.0. The highest BCUT2D eigenvalue weighted by Crippen LogP contribution is 2.51. The summed E-state index contributed by atoms with van der Waals surface area (Å²) in [5, 5.41) is 4.96. The Kier molecular flexibility index (Phi) is 7.20. The molecule has 5 nitrogen and oxygen atoms in total. The van der Waals surface area contributed by atoms with E-state index in [0.29, 0.717) is 17.5 Å². The van der Waals surface area contributed by atoms with Gasteiger partial charge in [-0.25, -0.2) is 15.0 Å². The highest BCUT2D eigenvalue weighted by Gasteiger charge is 2.37. The number of fused-ring (bicyclic) bond motifs is 9. The van der Waals surface area contributed by atoms with Crippen molar-refractivity contribution in [2.24, 2.45) is 0 Å². The van der Waals surface area contributed by atoms with Crippen LogP contribution in [0.5, 0.6) is 0 Å². The van der Waals surface area contributed by atoms with Crippen LogP contribution >= 0.6 is 0 Å². The first kappa shape index (κ1) is 33.5. The molecule has 0 fully saturated rings. The quantitative estimate of drug-likeness (QED) is 0.176. The lowest BCUT2D eigenvalue weighted by Gasteiger charge is -2.21. The lowest BCUT2D eigenvalue weighted by molar-refractivity contribution is 0.660. The maximum atomic E-state index is 5.28. The molecular formula is C54H37N5. The van der Waals surface area contributed by atoms with Crippen molar-refractivity contribution in [3.8, 4) is 56.7 Å². The predicted molar refractivity (Wildman–Crippen MR) is 242 cm³/mol. The number of aromatic nitrogens is 5. The molecule has 0 spiro atoms. The average molecular weight is 756 g/mol. The van der Waals surface area contributed by atoms with E-state index in [1.165, 1.54) is 65.9 Å². The van der Waals surface area contributed by atoms with Gasteiger partial charge in [-0.15, -0.1) is 0 Å². The number of para-hydroxylation sites is 4. The molecule has 0 radical (unpaired) electrons. The number of nitrogens with zero attached hydrogens (tertiary/aromatic N) is 5. The molecule has 0 aliphatic heterocycles. The molecule has 8 aromatic carbocycles. The molecule has 12 rings (SSSR count). The fourth-order valence-corrected chi connectivity index (χ4v) is 9.62. The van der Waals surface area contributed by atoms with E-state index in [0.717, 1.165) is 28.1 Å². The van der Waals surface area contributed by atoms with E-state index in [1.807, 2.05) is 0 Å². The predicted octanol–water partition coefficient (Wildman–Crippen LogP) is 13.4. The van der Waals surface area contributed by atoms with Gasteiger partial charge in [0.25, 0.3) is 0 Å². The second kappa shape index (κ2) is 12.7. The van der Waals surface area contributed by atoms with Gasteiger partial charge in [0.1, 0.15) is 0 Å². The summed E-state index contributed by atoms with van der Waals surface area (Å²) in [5.74, 6) is 1.93. The average Bonchev–Trinajstić information content (AvgIpc) is 3.90. The van der Waals surface area contributed by atoms with Crippen LogP contribution in [0.1, 0.15) is 25.0 Å². The maximum absolute atomic E-state index is 5.28. The van der Waals surface area contributed by atoms with Gasteiger partial charge in [-0.05, 0) is 95.1 Å². The van der Waals surface area contributed by atoms with Crippen LogP contribution in [0.3, 0.4) is 0 Å². The van der Waals surface area contributed by atoms with Crippen molar-refractivity contribution in [3.63, 3.8) is 0 Å². The lowest BCUT2D eigenvalue weighted by Crippen LogP contribution is -2.14. The molecule has 3 aromatic heterocycles. The SMILES string of the molecule is CC1(C)c2ccccc2-c2c(-c3nc(-c4ccc(-n5c6ccccc6c6ccccc65)cc4)nc(-c4ccc(-n5c6ccccc6c6ccccc65)cc4)n3)cccc21. The molecule has 0 N–H and O–H groups in total. The van der Waals surface area contributed by atoms with Gasteiger partial charge >= 0.3 is 0 Å². The maximum Gasteiger partial charge on any atom is 0.164 e. The molecule has 278 valence electrons. The summed E-state index contributed by atoms with van der Waals surface area (Å²) in [4.78, 5) is 15.8. The molecule has 1 aliphatic rings. The second-order valence-corrected chi connectivity index (χ2v) is 16.0. The Labute approximate surface area is 341 Å². The Hall–Kier alpha value is -7.63. The summed E-state index contributed by atoms with van der Waals surface area (Å²) in [6.45, 7) is 4.62. The summed E-state index contributed by atoms with van der Waals surface area (Å²) >= 11 is 0. The zero-order valence-electron chi connectivity index (χ0n) is 32.6. The minimum atomic E-state index is -0.147. The molecule has 0 atom stereocenters. The van der Waals surface area contributed by atoms with Gasteiger partial charge in [-0.3, -0.25) is 0 Å². The smallest absolute Gasteiger partial charge is 0.164 e. The van der Waals surface area contributed by atoms with Gasteiger partial charge in [0.05, 0.1) is 22.1 Å². The van der Waals surface area contributed by atoms with Crippen molar-refractivity contribution in [1.82, 2.24) is 24.1 Å². The Morgan fingerprint density at radius 3 is 1.19 bits per heavy atom. The number of hydrogen-bond acceptors (Lipinski definition) is 3. The van der Waals surface area contributed by atoms with Crippen LogP contribution in [0, 0.1) is 0 Å². The molecular weight excluding hydrogens is 719 g/mol. The molecule has 0 bridgehead atoms. The highest BCUT2D eigenvalue weighted by molar-refractivity contribution is 6.10. The van der Waals surface area contributed by atoms with Crippen LogP contribution < -0.4 is 0 Å². The Bertz CT molecular complexity index is 3180. The zero-order chi connectivity index (χ0) is 39.2. The monoisotopic (exact) mass is 755 g/mol. The van der Waals surface area contributed by atoms with Crippen LogP contribution in [0.25, 0.3) is 100 Å². The van der Waals surface area contributed by atoms with Crippen molar-refractivity contribution >= 4 is 43.6 Å². The van der Waals surface area contributed by atoms with E-state index < -0.39 is 0 Å². The number of benzene rings is 8. The lowest BCUT2D eigenvalue weighted by atomic mass is 9.82. The third-order valence-corrected chi connectivity index (χ3v) is 12.4. The van der Waals surface area contributed by atoms with Gasteiger partial charge in [0.15, 0.2) is 17.5 Å². The van der Waals surface area contributed by atoms with E-state index in [1.54, 1.807) is 0 Å². The molecule has 0 saturated heterocycles. The van der Waals surface area contributed by atoms with Crippen LogP contribution in [-0.2, 0) is 5.41 Å². The van der Waals surface area contributed by atoms with Gasteiger partial charge in [0, 0.05) is 55.0 Å². The Morgan fingerprint density at radius 2 is 0.712 bits per heavy atom. The van der Waals surface area contributed by atoms with Gasteiger partial charge in [-0.1, -0.05) is 129 Å². The molecule has 59 heavy (non-hydrogen) atoms. The highest BCUT2D eigenvalue weighted by atomic mass is 15.0. The minimum absolute atomic E-state index is 0.147. The summed E-state index contributed by atoms with van der Waals surface area (Å²) < 4.78 is 4.67. The Balaban J connectivity index is 1.02. The Morgan fingerprint density at radius 1 is 0.339 bits per heavy atom. The van der Waals surface area contributed by atoms with Crippen LogP contribution in [0.15, 0.2) is 188 Å². The molecule has 0 saturated carbocycles. The molecule has 1 aliphatic carbocycles. The second-order valence-electron chi connectivity index (χ2n) is 16.0. The van der Waals surface area contributed by atoms with Crippen molar-refractivity contribution in [2.45, 2.75) is 19.3 Å². The fourth-order valence-electron chi connectivity index (χ4n) is 9.62. The standard InChI is InChI=1S/C54H37N5/c1-54(2)44-20-8-3-18-42(44)50-43(19-13-21-45(50)54)53-56-51(34-26-30-36(31-27-34)58-46-22-9-4-14-38(46)39-15-5-10-23-47(39)58)55-52(57-53)35-28-32-37(33-29-35)59-48-24-11-6-16-40(48)41-17-7-12-25-49(41)59/h3-33H,1-2H3. The van der Waals surface area contributed by atoms with E-state index >= 15 is 0 Å². The molecule has 0 unspecified atom stereocenters. The van der Waals surface area contributed by atoms with E-state index in [4.69, 9.17) is 15.0 Å². The van der Waals surface area contributed by atoms with Crippen molar-refractivity contribution in [1.29, 1.82) is 0 Å². The molecule has 3 heterocycles. The summed E-state index contributed by atoms with van der Waals surface area (Å²) in [5.41, 5.74) is 14.6. The molecule has 11 aromatic rings. The fraction of sp³-hybridized carbons (Fsp3) is 0.0556. The third-order valence-electron chi connectivity index (χ3n) is 12.4. The normalized spacial score (nSPS) is 13.1. The van der Waals surface area contributed by atoms with Crippen LogP contribution in [0.2, 0.25) is 0 Å². The van der Waals surface area contributed by atoms with Crippen molar-refractivity contribution in [3.05, 3.63) is 199 Å². The van der Waals surface area contributed by atoms with Crippen molar-refractivity contribution < 1.29 is 0 Å². The largest absolute Gasteiger partial charge is 0.309 e. The van der Waals surface area contributed by atoms with Gasteiger partial charge in [0.2, 0.25) is 0 Å². The zero-order valence-corrected chi connectivity index (χ0v) is 32.6. The third kappa shape index (κ3) is 5.01.